The second kappa shape index (κ2) is 19.8. The van der Waals surface area contributed by atoms with E-state index in [0.717, 1.165) is 100 Å². The number of hydrogen-bond donors (Lipinski definition) is 6. The van der Waals surface area contributed by atoms with E-state index >= 15 is 0 Å². The minimum Gasteiger partial charge on any atom is -0.370 e. The van der Waals surface area contributed by atoms with Gasteiger partial charge >= 0.3 is 0 Å². The largest absolute Gasteiger partial charge is 0.370 e. The SMILES string of the molecule is C=C(C1=CC2=C3N(CCC2OC1CCC)c1ccc(CC(=O)NCCCNc2cc(Nc4cc(C5CC5)[nH]n4)nc(Nc4ccc(CC#N)cc4)n2)cc1C3(C)C)C(C)(C)c1cc(S(=O)(=O)O)ccc1C. The molecule has 2 aromatic heterocycles. The number of H-pyrrole nitrogens is 1. The van der Waals surface area contributed by atoms with Crippen LogP contribution < -0.4 is 26.2 Å². The van der Waals surface area contributed by atoms with Crippen molar-refractivity contribution in [3.8, 4) is 6.07 Å². The molecule has 1 amide bonds. The first kappa shape index (κ1) is 49.2. The summed E-state index contributed by atoms with van der Waals surface area (Å²) < 4.78 is 41.3. The molecule has 15 nitrogen and oxygen atoms in total. The van der Waals surface area contributed by atoms with Gasteiger partial charge in [0.05, 0.1) is 36.0 Å². The zero-order valence-corrected chi connectivity index (χ0v) is 42.3. The van der Waals surface area contributed by atoms with E-state index in [1.165, 1.54) is 11.8 Å². The van der Waals surface area contributed by atoms with Crippen LogP contribution in [-0.2, 0) is 43.3 Å². The van der Waals surface area contributed by atoms with Gasteiger partial charge in [-0.1, -0.05) is 78.0 Å². The summed E-state index contributed by atoms with van der Waals surface area (Å²) in [6.07, 6.45) is 8.14. The van der Waals surface area contributed by atoms with Crippen LogP contribution in [0.25, 0.3) is 0 Å². The van der Waals surface area contributed by atoms with Crippen molar-refractivity contribution in [2.45, 2.75) is 127 Å². The molecule has 16 heteroatoms. The number of aryl methyl sites for hydroxylation is 1. The average Bonchev–Trinajstić information content (AvgIpc) is 4.03. The normalized spacial score (nSPS) is 18.2. The van der Waals surface area contributed by atoms with Crippen molar-refractivity contribution in [3.05, 3.63) is 141 Å². The second-order valence-electron chi connectivity index (χ2n) is 20.3. The number of carbonyl (C=O) groups is 1. The number of benzene rings is 3. The summed E-state index contributed by atoms with van der Waals surface area (Å²) >= 11 is 0. The molecule has 5 heterocycles. The Morgan fingerprint density at radius 3 is 2.48 bits per heavy atom. The first-order valence-corrected chi connectivity index (χ1v) is 26.1. The highest BCUT2D eigenvalue weighted by Gasteiger charge is 2.47. The van der Waals surface area contributed by atoms with Crippen LogP contribution in [0.1, 0.15) is 113 Å². The molecule has 4 aliphatic rings. The summed E-state index contributed by atoms with van der Waals surface area (Å²) in [5.41, 5.74) is 10.8. The lowest BCUT2D eigenvalue weighted by atomic mass is 9.71. The average molecular weight is 977 g/mol. The molecular weight excluding hydrogens is 913 g/mol. The molecule has 0 bridgehead atoms. The van der Waals surface area contributed by atoms with Crippen LogP contribution >= 0.6 is 0 Å². The first-order valence-electron chi connectivity index (χ1n) is 24.7. The minimum atomic E-state index is -4.40. The molecule has 3 aromatic carbocycles. The number of nitrogens with one attached hydrogen (secondary N) is 5. The van der Waals surface area contributed by atoms with Gasteiger partial charge in [0.25, 0.3) is 10.1 Å². The number of carbonyl (C=O) groups excluding carboxylic acids is 1. The summed E-state index contributed by atoms with van der Waals surface area (Å²) in [5, 5.41) is 29.7. The number of rotatable bonds is 19. The number of allylic oxidation sites excluding steroid dienone is 1. The van der Waals surface area contributed by atoms with E-state index in [4.69, 9.17) is 20.0 Å². The topological polar surface area (TPSA) is 210 Å². The lowest BCUT2D eigenvalue weighted by Gasteiger charge is -2.43. The van der Waals surface area contributed by atoms with Crippen LogP contribution in [0.4, 0.5) is 34.8 Å². The summed E-state index contributed by atoms with van der Waals surface area (Å²) in [6.45, 7) is 19.2. The molecule has 6 N–H and O–H groups in total. The van der Waals surface area contributed by atoms with Crippen molar-refractivity contribution in [3.63, 3.8) is 0 Å². The van der Waals surface area contributed by atoms with Crippen LogP contribution in [0.2, 0.25) is 0 Å². The van der Waals surface area contributed by atoms with Gasteiger partial charge in [-0.15, -0.1) is 0 Å². The summed E-state index contributed by atoms with van der Waals surface area (Å²) in [6, 6.07) is 24.7. The number of aromatic amines is 1. The Bertz CT molecular complexity index is 3090. The highest BCUT2D eigenvalue weighted by molar-refractivity contribution is 7.85. The Labute approximate surface area is 417 Å². The smallest absolute Gasteiger partial charge is 0.294 e. The minimum absolute atomic E-state index is 0.0559. The first-order chi connectivity index (χ1) is 33.9. The van der Waals surface area contributed by atoms with Crippen LogP contribution in [-0.4, -0.2) is 70.9 Å². The second-order valence-corrected chi connectivity index (χ2v) is 21.7. The van der Waals surface area contributed by atoms with Gasteiger partial charge in [0.15, 0.2) is 5.82 Å². The van der Waals surface area contributed by atoms with Gasteiger partial charge in [0.1, 0.15) is 11.6 Å². The lowest BCUT2D eigenvalue weighted by molar-refractivity contribution is -0.120. The number of anilines is 6. The number of nitrogens with zero attached hydrogens (tertiary/aromatic N) is 5. The highest BCUT2D eigenvalue weighted by Crippen LogP contribution is 2.54. The molecular formula is C55H64N10O5S. The Kier molecular flexibility index (Phi) is 13.7. The van der Waals surface area contributed by atoms with Crippen LogP contribution in [0.15, 0.2) is 113 Å². The molecule has 2 unspecified atom stereocenters. The fourth-order valence-corrected chi connectivity index (χ4v) is 10.9. The van der Waals surface area contributed by atoms with E-state index < -0.39 is 20.9 Å². The van der Waals surface area contributed by atoms with Gasteiger partial charge in [-0.3, -0.25) is 14.4 Å². The molecule has 5 aromatic rings. The zero-order valence-electron chi connectivity index (χ0n) is 41.4. The van der Waals surface area contributed by atoms with Crippen molar-refractivity contribution in [1.29, 1.82) is 5.26 Å². The van der Waals surface area contributed by atoms with Crippen molar-refractivity contribution >= 4 is 50.8 Å². The van der Waals surface area contributed by atoms with Crippen molar-refractivity contribution < 1.29 is 22.5 Å². The Morgan fingerprint density at radius 2 is 1.75 bits per heavy atom. The molecule has 0 radical (unpaired) electrons. The molecule has 1 aliphatic carbocycles. The van der Waals surface area contributed by atoms with Crippen LogP contribution in [0.5, 0.6) is 0 Å². The zero-order chi connectivity index (χ0) is 50.2. The maximum atomic E-state index is 13.5. The number of hydrogen-bond acceptors (Lipinski definition) is 12. The molecule has 2 atom stereocenters. The van der Waals surface area contributed by atoms with E-state index in [0.29, 0.717) is 55.3 Å². The van der Waals surface area contributed by atoms with Crippen molar-refractivity contribution in [2.24, 2.45) is 0 Å². The molecule has 3 aliphatic heterocycles. The maximum Gasteiger partial charge on any atom is 0.294 e. The fourth-order valence-electron chi connectivity index (χ4n) is 10.4. The number of nitriles is 1. The molecule has 0 saturated heterocycles. The molecule has 9 rings (SSSR count). The van der Waals surface area contributed by atoms with Gasteiger partial charge in [-0.05, 0) is 114 Å². The lowest BCUT2D eigenvalue weighted by Crippen LogP contribution is -2.42. The predicted octanol–water partition coefficient (Wildman–Crippen LogP) is 10.1. The summed E-state index contributed by atoms with van der Waals surface area (Å²) in [5.74, 6) is 2.72. The Morgan fingerprint density at radius 1 is 0.986 bits per heavy atom. The highest BCUT2D eigenvalue weighted by atomic mass is 32.2. The number of aromatic nitrogens is 4. The molecule has 1 fully saturated rings. The van der Waals surface area contributed by atoms with Gasteiger partial charge < -0.3 is 30.9 Å². The summed E-state index contributed by atoms with van der Waals surface area (Å²) in [7, 11) is -4.40. The molecule has 0 spiro atoms. The van der Waals surface area contributed by atoms with Gasteiger partial charge in [0.2, 0.25) is 11.9 Å². The summed E-state index contributed by atoms with van der Waals surface area (Å²) in [4.78, 5) is 25.1. The quantitative estimate of drug-likeness (QED) is 0.0337. The van der Waals surface area contributed by atoms with E-state index in [2.05, 4.69) is 94.1 Å². The Balaban J connectivity index is 0.864. The van der Waals surface area contributed by atoms with Gasteiger partial charge in [-0.2, -0.15) is 28.7 Å². The van der Waals surface area contributed by atoms with Crippen molar-refractivity contribution in [2.75, 3.05) is 40.5 Å². The van der Waals surface area contributed by atoms with Gasteiger partial charge in [0, 0.05) is 76.9 Å². The monoisotopic (exact) mass is 976 g/mol. The van der Waals surface area contributed by atoms with Gasteiger partial charge in [-0.25, -0.2) is 0 Å². The Hall–Kier alpha value is -6.80. The van der Waals surface area contributed by atoms with Crippen LogP contribution in [0, 0.1) is 18.3 Å². The third-order valence-electron chi connectivity index (χ3n) is 14.4. The number of ether oxygens (including phenoxy) is 1. The molecule has 1 saturated carbocycles. The van der Waals surface area contributed by atoms with Crippen LogP contribution in [0.3, 0.4) is 0 Å². The third kappa shape index (κ3) is 10.5. The standard InChI is InChI=1S/C55H64N10O5S/c1-8-10-46-40(34(3)54(4,5)42-29-39(71(67,68)69)19-11-33(42)2)30-41-47(70-46)22-26-65-45-20-14-36(27-43(45)55(6,7)52(41)65)28-51(66)58-25-9-24-57-48-32-49(60-50-31-44(63-64-50)37-15-16-37)62-53(61-48)59-38-17-12-35(13-18-38)21-23-56/h11-14,17-20,27,29-32,37,46-47H,3,8-10,15-16,21-22,24-26,28H2,1-2,4-7H3,(H,58,66)(H,67,68,69)(H4,57,59,60,61,62,63,64). The number of fused-ring (bicyclic) bond motifs is 4. The number of amides is 1. The van der Waals surface area contributed by atoms with Crippen molar-refractivity contribution in [1.82, 2.24) is 25.5 Å². The van der Waals surface area contributed by atoms with E-state index in [1.54, 1.807) is 12.1 Å². The fraction of sp³-hybridized carbons (Fsp3) is 0.400. The van der Waals surface area contributed by atoms with E-state index in [1.807, 2.05) is 57.2 Å². The molecule has 71 heavy (non-hydrogen) atoms. The third-order valence-corrected chi connectivity index (χ3v) is 15.2. The van der Waals surface area contributed by atoms with E-state index in [9.17, 15) is 17.8 Å². The molecule has 370 valence electrons. The predicted molar refractivity (Wildman–Crippen MR) is 278 cm³/mol. The maximum absolute atomic E-state index is 13.5. The van der Waals surface area contributed by atoms with E-state index in [-0.39, 0.29) is 29.4 Å².